The van der Waals surface area contributed by atoms with Gasteiger partial charge in [-0.25, -0.2) is 0 Å². The Morgan fingerprint density at radius 3 is 2.63 bits per heavy atom. The second kappa shape index (κ2) is 11.1. The molecule has 0 bridgehead atoms. The maximum Gasteiger partial charge on any atom is 0.238 e. The Morgan fingerprint density at radius 2 is 1.87 bits per heavy atom. The second-order valence-electron chi connectivity index (χ2n) is 7.01. The topological polar surface area (TPSA) is 80.5 Å². The molecular formula is C23H28N4O3. The SMILES string of the molecule is CCCN(CCCc1nc(-c2ccccc2)no1)CC(=O)Nc1ccccc1OC. The normalized spacial score (nSPS) is 10.9. The monoisotopic (exact) mass is 408 g/mol. The van der Waals surface area contributed by atoms with Crippen LogP contribution in [0.5, 0.6) is 5.75 Å². The van der Waals surface area contributed by atoms with Crippen LogP contribution in [-0.4, -0.2) is 47.7 Å². The fourth-order valence-corrected chi connectivity index (χ4v) is 3.24. The first kappa shape index (κ1) is 21.5. The van der Waals surface area contributed by atoms with E-state index in [9.17, 15) is 4.79 Å². The summed E-state index contributed by atoms with van der Waals surface area (Å²) >= 11 is 0. The van der Waals surface area contributed by atoms with E-state index >= 15 is 0 Å². The Balaban J connectivity index is 1.49. The van der Waals surface area contributed by atoms with Crippen molar-refractivity contribution in [3.8, 4) is 17.1 Å². The third-order valence-electron chi connectivity index (χ3n) is 4.65. The number of ether oxygens (including phenoxy) is 1. The van der Waals surface area contributed by atoms with Crippen LogP contribution >= 0.6 is 0 Å². The molecule has 3 rings (SSSR count). The average Bonchev–Trinajstić information content (AvgIpc) is 3.24. The molecule has 2 aromatic carbocycles. The minimum atomic E-state index is -0.0582. The van der Waals surface area contributed by atoms with Gasteiger partial charge in [0.15, 0.2) is 0 Å². The summed E-state index contributed by atoms with van der Waals surface area (Å²) in [6.45, 7) is 4.05. The van der Waals surface area contributed by atoms with E-state index in [2.05, 4.69) is 27.3 Å². The van der Waals surface area contributed by atoms with Crippen molar-refractivity contribution in [2.75, 3.05) is 32.1 Å². The highest BCUT2D eigenvalue weighted by Gasteiger charge is 2.13. The van der Waals surface area contributed by atoms with Crippen molar-refractivity contribution in [1.29, 1.82) is 0 Å². The number of anilines is 1. The molecule has 0 spiro atoms. The van der Waals surface area contributed by atoms with Gasteiger partial charge in [-0.05, 0) is 38.1 Å². The summed E-state index contributed by atoms with van der Waals surface area (Å²) in [5, 5.41) is 6.99. The number of nitrogens with zero attached hydrogens (tertiary/aromatic N) is 3. The maximum atomic E-state index is 12.5. The summed E-state index contributed by atoms with van der Waals surface area (Å²) in [4.78, 5) is 19.1. The zero-order valence-corrected chi connectivity index (χ0v) is 17.5. The number of para-hydroxylation sites is 2. The average molecular weight is 409 g/mol. The van der Waals surface area contributed by atoms with Crippen molar-refractivity contribution in [3.63, 3.8) is 0 Å². The predicted molar refractivity (Wildman–Crippen MR) is 116 cm³/mol. The summed E-state index contributed by atoms with van der Waals surface area (Å²) in [6.07, 6.45) is 2.48. The fraction of sp³-hybridized carbons (Fsp3) is 0.348. The van der Waals surface area contributed by atoms with Crippen LogP contribution < -0.4 is 10.1 Å². The zero-order chi connectivity index (χ0) is 21.2. The van der Waals surface area contributed by atoms with Gasteiger partial charge >= 0.3 is 0 Å². The number of amides is 1. The van der Waals surface area contributed by atoms with Gasteiger partial charge in [0.05, 0.1) is 19.3 Å². The van der Waals surface area contributed by atoms with Crippen molar-refractivity contribution in [2.45, 2.75) is 26.2 Å². The number of carbonyl (C=O) groups excluding carboxylic acids is 1. The molecule has 0 saturated heterocycles. The number of hydrogen-bond donors (Lipinski definition) is 1. The third-order valence-corrected chi connectivity index (χ3v) is 4.65. The Kier molecular flexibility index (Phi) is 7.97. The first-order valence-corrected chi connectivity index (χ1v) is 10.2. The summed E-state index contributed by atoms with van der Waals surface area (Å²) in [5.41, 5.74) is 1.62. The largest absolute Gasteiger partial charge is 0.495 e. The van der Waals surface area contributed by atoms with Gasteiger partial charge in [-0.1, -0.05) is 54.5 Å². The van der Waals surface area contributed by atoms with E-state index in [0.29, 0.717) is 36.1 Å². The van der Waals surface area contributed by atoms with Crippen LogP contribution in [0.25, 0.3) is 11.4 Å². The smallest absolute Gasteiger partial charge is 0.238 e. The molecule has 7 nitrogen and oxygen atoms in total. The van der Waals surface area contributed by atoms with Crippen LogP contribution in [0.3, 0.4) is 0 Å². The standard InChI is InChI=1S/C23H28N4O3/c1-3-15-27(17-21(28)24-19-12-7-8-13-20(19)29-2)16-9-14-22-25-23(26-30-22)18-10-5-4-6-11-18/h4-8,10-13H,3,9,14-17H2,1-2H3,(H,24,28). The van der Waals surface area contributed by atoms with Gasteiger partial charge in [0, 0.05) is 12.0 Å². The van der Waals surface area contributed by atoms with Crippen molar-refractivity contribution < 1.29 is 14.1 Å². The van der Waals surface area contributed by atoms with E-state index in [4.69, 9.17) is 9.26 Å². The van der Waals surface area contributed by atoms with Crippen LogP contribution in [0, 0.1) is 0 Å². The molecule has 1 amide bonds. The Hall–Kier alpha value is -3.19. The molecule has 1 aromatic heterocycles. The van der Waals surface area contributed by atoms with Crippen molar-refractivity contribution in [2.24, 2.45) is 0 Å². The highest BCUT2D eigenvalue weighted by Crippen LogP contribution is 2.23. The number of nitrogens with one attached hydrogen (secondary N) is 1. The minimum Gasteiger partial charge on any atom is -0.495 e. The molecule has 0 unspecified atom stereocenters. The van der Waals surface area contributed by atoms with Gasteiger partial charge < -0.3 is 14.6 Å². The lowest BCUT2D eigenvalue weighted by molar-refractivity contribution is -0.117. The number of benzene rings is 2. The Morgan fingerprint density at radius 1 is 1.10 bits per heavy atom. The van der Waals surface area contributed by atoms with E-state index in [-0.39, 0.29) is 5.91 Å². The molecule has 1 heterocycles. The summed E-state index contributed by atoms with van der Waals surface area (Å²) in [7, 11) is 1.59. The Labute approximate surface area is 177 Å². The van der Waals surface area contributed by atoms with Crippen molar-refractivity contribution in [1.82, 2.24) is 15.0 Å². The molecule has 158 valence electrons. The summed E-state index contributed by atoms with van der Waals surface area (Å²) in [5.74, 6) is 1.81. The summed E-state index contributed by atoms with van der Waals surface area (Å²) in [6, 6.07) is 17.2. The lowest BCUT2D eigenvalue weighted by Gasteiger charge is -2.21. The predicted octanol–water partition coefficient (Wildman–Crippen LogP) is 4.03. The van der Waals surface area contributed by atoms with Gasteiger partial charge in [0.2, 0.25) is 17.6 Å². The van der Waals surface area contributed by atoms with Crippen LogP contribution in [0.15, 0.2) is 59.1 Å². The van der Waals surface area contributed by atoms with Crippen LogP contribution in [0.1, 0.15) is 25.7 Å². The fourth-order valence-electron chi connectivity index (χ4n) is 3.24. The molecule has 0 aliphatic rings. The number of carbonyl (C=O) groups is 1. The molecule has 0 atom stereocenters. The van der Waals surface area contributed by atoms with Crippen LogP contribution in [-0.2, 0) is 11.2 Å². The molecule has 3 aromatic rings. The highest BCUT2D eigenvalue weighted by atomic mass is 16.5. The van der Waals surface area contributed by atoms with Gasteiger partial charge in [-0.15, -0.1) is 0 Å². The van der Waals surface area contributed by atoms with E-state index in [0.717, 1.165) is 31.5 Å². The number of methoxy groups -OCH3 is 1. The Bertz CT molecular complexity index is 927. The second-order valence-corrected chi connectivity index (χ2v) is 7.01. The van der Waals surface area contributed by atoms with E-state index in [1.165, 1.54) is 0 Å². The van der Waals surface area contributed by atoms with Gasteiger partial charge in [-0.3, -0.25) is 9.69 Å². The van der Waals surface area contributed by atoms with E-state index < -0.39 is 0 Å². The third kappa shape index (κ3) is 6.15. The van der Waals surface area contributed by atoms with Crippen molar-refractivity contribution >= 4 is 11.6 Å². The number of hydrogen-bond acceptors (Lipinski definition) is 6. The van der Waals surface area contributed by atoms with E-state index in [1.54, 1.807) is 7.11 Å². The maximum absolute atomic E-state index is 12.5. The molecule has 30 heavy (non-hydrogen) atoms. The lowest BCUT2D eigenvalue weighted by Crippen LogP contribution is -2.34. The van der Waals surface area contributed by atoms with Crippen LogP contribution in [0.4, 0.5) is 5.69 Å². The van der Waals surface area contributed by atoms with Crippen molar-refractivity contribution in [3.05, 3.63) is 60.5 Å². The molecule has 0 aliphatic carbocycles. The molecule has 0 fully saturated rings. The molecule has 0 aliphatic heterocycles. The first-order chi connectivity index (χ1) is 14.7. The molecular weight excluding hydrogens is 380 g/mol. The zero-order valence-electron chi connectivity index (χ0n) is 17.5. The van der Waals surface area contributed by atoms with Gasteiger partial charge in [-0.2, -0.15) is 4.98 Å². The highest BCUT2D eigenvalue weighted by molar-refractivity contribution is 5.93. The number of aryl methyl sites for hydroxylation is 1. The quantitative estimate of drug-likeness (QED) is 0.516. The lowest BCUT2D eigenvalue weighted by atomic mass is 10.2. The number of aromatic nitrogens is 2. The molecule has 1 N–H and O–H groups in total. The first-order valence-electron chi connectivity index (χ1n) is 10.2. The molecule has 0 radical (unpaired) electrons. The van der Waals surface area contributed by atoms with Gasteiger partial charge in [0.1, 0.15) is 5.75 Å². The summed E-state index contributed by atoms with van der Waals surface area (Å²) < 4.78 is 10.7. The van der Waals surface area contributed by atoms with E-state index in [1.807, 2.05) is 54.6 Å². The number of rotatable bonds is 11. The minimum absolute atomic E-state index is 0.0582. The molecule has 7 heteroatoms. The molecule has 0 saturated carbocycles. The van der Waals surface area contributed by atoms with Gasteiger partial charge in [0.25, 0.3) is 0 Å². The van der Waals surface area contributed by atoms with Crippen LogP contribution in [0.2, 0.25) is 0 Å².